The zero-order chi connectivity index (χ0) is 20.2. The van der Waals surface area contributed by atoms with E-state index in [0.717, 1.165) is 11.1 Å². The van der Waals surface area contributed by atoms with Crippen LogP contribution in [-0.2, 0) is 4.79 Å². The first-order chi connectivity index (χ1) is 14.1. The van der Waals surface area contributed by atoms with E-state index >= 15 is 0 Å². The van der Waals surface area contributed by atoms with E-state index in [1.807, 2.05) is 36.4 Å². The third kappa shape index (κ3) is 4.19. The zero-order valence-corrected chi connectivity index (χ0v) is 15.1. The standard InChI is InChI=1S/C22H15N3O4/c26-21(13-8-15-4-3-5-18(14-15)25(27)28)23-17-11-9-16(10-12-17)22-24-19-6-1-2-7-20(19)29-22/h1-14H,(H,23,26)/b13-8+. The number of fused-ring (bicyclic) bond motifs is 1. The van der Waals surface area contributed by atoms with Crippen molar-refractivity contribution in [3.05, 3.63) is 94.6 Å². The molecule has 0 saturated carbocycles. The average Bonchev–Trinajstić information content (AvgIpc) is 3.17. The number of carbonyl (C=O) groups excluding carboxylic acids is 1. The maximum Gasteiger partial charge on any atom is 0.270 e. The minimum atomic E-state index is -0.476. The molecule has 0 aliphatic heterocycles. The number of aromatic nitrogens is 1. The molecule has 0 aliphatic carbocycles. The maximum absolute atomic E-state index is 12.1. The molecule has 4 rings (SSSR count). The van der Waals surface area contributed by atoms with E-state index in [0.29, 0.717) is 22.7 Å². The molecule has 29 heavy (non-hydrogen) atoms. The van der Waals surface area contributed by atoms with Gasteiger partial charge in [-0.1, -0.05) is 24.3 Å². The van der Waals surface area contributed by atoms with Gasteiger partial charge in [0.25, 0.3) is 5.69 Å². The molecule has 0 unspecified atom stereocenters. The first-order valence-corrected chi connectivity index (χ1v) is 8.78. The number of nitro groups is 1. The van der Waals surface area contributed by atoms with Crippen molar-refractivity contribution in [1.29, 1.82) is 0 Å². The van der Waals surface area contributed by atoms with Crippen molar-refractivity contribution in [1.82, 2.24) is 4.98 Å². The van der Waals surface area contributed by atoms with E-state index in [-0.39, 0.29) is 11.6 Å². The quantitative estimate of drug-likeness (QED) is 0.294. The number of carbonyl (C=O) groups is 1. The Balaban J connectivity index is 1.43. The molecule has 1 aromatic heterocycles. The van der Waals surface area contributed by atoms with Crippen molar-refractivity contribution in [3.8, 4) is 11.5 Å². The van der Waals surface area contributed by atoms with Crippen LogP contribution in [0.3, 0.4) is 0 Å². The van der Waals surface area contributed by atoms with Crippen LogP contribution in [-0.4, -0.2) is 15.8 Å². The van der Waals surface area contributed by atoms with Gasteiger partial charge in [0.2, 0.25) is 11.8 Å². The van der Waals surface area contributed by atoms with Crippen LogP contribution >= 0.6 is 0 Å². The average molecular weight is 385 g/mol. The normalized spacial score (nSPS) is 11.0. The number of para-hydroxylation sites is 2. The predicted octanol–water partition coefficient (Wildman–Crippen LogP) is 5.05. The summed E-state index contributed by atoms with van der Waals surface area (Å²) in [6.07, 6.45) is 2.85. The second-order valence-electron chi connectivity index (χ2n) is 6.24. The van der Waals surface area contributed by atoms with Crippen LogP contribution in [0.4, 0.5) is 11.4 Å². The second kappa shape index (κ2) is 7.77. The molecule has 0 saturated heterocycles. The van der Waals surface area contributed by atoms with Crippen LogP contribution in [0.2, 0.25) is 0 Å². The molecule has 142 valence electrons. The fourth-order valence-electron chi connectivity index (χ4n) is 2.79. The Morgan fingerprint density at radius 2 is 1.83 bits per heavy atom. The van der Waals surface area contributed by atoms with Crippen molar-refractivity contribution in [3.63, 3.8) is 0 Å². The first-order valence-electron chi connectivity index (χ1n) is 8.78. The largest absolute Gasteiger partial charge is 0.436 e. The minimum Gasteiger partial charge on any atom is -0.436 e. The highest BCUT2D eigenvalue weighted by Crippen LogP contribution is 2.25. The molecule has 3 aromatic carbocycles. The fourth-order valence-corrected chi connectivity index (χ4v) is 2.79. The molecule has 7 heteroatoms. The number of nitro benzene ring substituents is 1. The number of benzene rings is 3. The summed E-state index contributed by atoms with van der Waals surface area (Å²) in [6.45, 7) is 0. The van der Waals surface area contributed by atoms with Gasteiger partial charge >= 0.3 is 0 Å². The first kappa shape index (κ1) is 18.1. The predicted molar refractivity (Wildman–Crippen MR) is 110 cm³/mol. The summed E-state index contributed by atoms with van der Waals surface area (Å²) < 4.78 is 5.73. The van der Waals surface area contributed by atoms with Crippen LogP contribution in [0.1, 0.15) is 5.56 Å². The maximum atomic E-state index is 12.1. The van der Waals surface area contributed by atoms with Crippen molar-refractivity contribution in [2.24, 2.45) is 0 Å². The Morgan fingerprint density at radius 3 is 2.59 bits per heavy atom. The number of rotatable bonds is 5. The van der Waals surface area contributed by atoms with E-state index in [1.54, 1.807) is 24.3 Å². The monoisotopic (exact) mass is 385 g/mol. The second-order valence-corrected chi connectivity index (χ2v) is 6.24. The Labute approximate surface area is 165 Å². The topological polar surface area (TPSA) is 98.3 Å². The Kier molecular flexibility index (Phi) is 4.86. The summed E-state index contributed by atoms with van der Waals surface area (Å²) in [6, 6.07) is 20.7. The summed E-state index contributed by atoms with van der Waals surface area (Å²) in [5.41, 5.74) is 3.45. The number of oxazole rings is 1. The number of non-ortho nitro benzene ring substituents is 1. The highest BCUT2D eigenvalue weighted by molar-refractivity contribution is 6.02. The summed E-state index contributed by atoms with van der Waals surface area (Å²) in [4.78, 5) is 26.9. The molecule has 0 aliphatic rings. The lowest BCUT2D eigenvalue weighted by Gasteiger charge is -2.03. The fraction of sp³-hybridized carbons (Fsp3) is 0. The molecule has 7 nitrogen and oxygen atoms in total. The third-order valence-electron chi connectivity index (χ3n) is 4.20. The Morgan fingerprint density at radius 1 is 1.03 bits per heavy atom. The van der Waals surface area contributed by atoms with Crippen LogP contribution in [0.25, 0.3) is 28.6 Å². The molecule has 1 heterocycles. The molecular weight excluding hydrogens is 370 g/mol. The SMILES string of the molecule is O=C(/C=C/c1cccc([N+](=O)[O-])c1)Nc1ccc(-c2nc3ccccc3o2)cc1. The summed E-state index contributed by atoms with van der Waals surface area (Å²) in [5, 5.41) is 13.5. The molecule has 0 atom stereocenters. The van der Waals surface area contributed by atoms with Gasteiger partial charge in [-0.2, -0.15) is 0 Å². The van der Waals surface area contributed by atoms with Gasteiger partial charge in [-0.3, -0.25) is 14.9 Å². The van der Waals surface area contributed by atoms with E-state index in [1.165, 1.54) is 24.3 Å². The summed E-state index contributed by atoms with van der Waals surface area (Å²) >= 11 is 0. The molecule has 0 fully saturated rings. The van der Waals surface area contributed by atoms with Crippen LogP contribution in [0, 0.1) is 10.1 Å². The summed E-state index contributed by atoms with van der Waals surface area (Å²) in [5.74, 6) is 0.167. The zero-order valence-electron chi connectivity index (χ0n) is 15.1. The van der Waals surface area contributed by atoms with Crippen molar-refractivity contribution in [2.75, 3.05) is 5.32 Å². The molecule has 1 amide bonds. The van der Waals surface area contributed by atoms with E-state index in [9.17, 15) is 14.9 Å². The van der Waals surface area contributed by atoms with Gasteiger partial charge in [0, 0.05) is 29.5 Å². The van der Waals surface area contributed by atoms with Crippen molar-refractivity contribution < 1.29 is 14.1 Å². The van der Waals surface area contributed by atoms with Crippen LogP contribution in [0.5, 0.6) is 0 Å². The Hall–Kier alpha value is -4.26. The van der Waals surface area contributed by atoms with Gasteiger partial charge in [-0.05, 0) is 48.0 Å². The Bertz CT molecular complexity index is 1190. The summed E-state index contributed by atoms with van der Waals surface area (Å²) in [7, 11) is 0. The minimum absolute atomic E-state index is 0.0256. The lowest BCUT2D eigenvalue weighted by Crippen LogP contribution is -2.07. The highest BCUT2D eigenvalue weighted by Gasteiger charge is 2.08. The number of hydrogen-bond donors (Lipinski definition) is 1. The van der Waals surface area contributed by atoms with Crippen LogP contribution in [0.15, 0.2) is 83.3 Å². The third-order valence-corrected chi connectivity index (χ3v) is 4.20. The van der Waals surface area contributed by atoms with Gasteiger partial charge in [0.1, 0.15) is 5.52 Å². The number of nitrogens with zero attached hydrogens (tertiary/aromatic N) is 2. The van der Waals surface area contributed by atoms with E-state index < -0.39 is 4.92 Å². The van der Waals surface area contributed by atoms with Gasteiger partial charge in [0.05, 0.1) is 4.92 Å². The lowest BCUT2D eigenvalue weighted by atomic mass is 10.2. The molecule has 0 bridgehead atoms. The number of amides is 1. The number of nitrogens with one attached hydrogen (secondary N) is 1. The van der Waals surface area contributed by atoms with E-state index in [2.05, 4.69) is 10.3 Å². The van der Waals surface area contributed by atoms with E-state index in [4.69, 9.17) is 4.42 Å². The number of anilines is 1. The van der Waals surface area contributed by atoms with Gasteiger partial charge in [-0.25, -0.2) is 4.98 Å². The molecule has 0 radical (unpaired) electrons. The van der Waals surface area contributed by atoms with Crippen LogP contribution < -0.4 is 5.32 Å². The van der Waals surface area contributed by atoms with Gasteiger partial charge < -0.3 is 9.73 Å². The lowest BCUT2D eigenvalue weighted by molar-refractivity contribution is -0.384. The van der Waals surface area contributed by atoms with Crippen molar-refractivity contribution >= 4 is 34.5 Å². The van der Waals surface area contributed by atoms with Gasteiger partial charge in [-0.15, -0.1) is 0 Å². The molecule has 0 spiro atoms. The highest BCUT2D eigenvalue weighted by atomic mass is 16.6. The smallest absolute Gasteiger partial charge is 0.270 e. The molecule has 4 aromatic rings. The molecular formula is C22H15N3O4. The number of hydrogen-bond acceptors (Lipinski definition) is 5. The van der Waals surface area contributed by atoms with Crippen molar-refractivity contribution in [2.45, 2.75) is 0 Å². The molecule has 1 N–H and O–H groups in total. The van der Waals surface area contributed by atoms with Gasteiger partial charge in [0.15, 0.2) is 5.58 Å².